The summed E-state index contributed by atoms with van der Waals surface area (Å²) in [5, 5.41) is 16.3. The van der Waals surface area contributed by atoms with Gasteiger partial charge in [0.05, 0.1) is 11.8 Å². The van der Waals surface area contributed by atoms with Crippen molar-refractivity contribution in [2.24, 2.45) is 5.73 Å². The monoisotopic (exact) mass is 170 g/mol. The van der Waals surface area contributed by atoms with Gasteiger partial charge in [0.2, 0.25) is 0 Å². The predicted molar refractivity (Wildman–Crippen MR) is 42.5 cm³/mol. The van der Waals surface area contributed by atoms with E-state index in [1.807, 2.05) is 0 Å². The van der Waals surface area contributed by atoms with Crippen LogP contribution < -0.4 is 5.73 Å². The number of H-pyrrole nitrogens is 1. The summed E-state index contributed by atoms with van der Waals surface area (Å²) in [5.41, 5.74) is 5.34. The molecule has 12 heavy (non-hydrogen) atoms. The molecule has 0 atom stereocenters. The number of nitro groups is 1. The molecule has 1 heterocycles. The molecule has 0 spiro atoms. The van der Waals surface area contributed by atoms with Crippen LogP contribution in [0.1, 0.15) is 19.4 Å². The Morgan fingerprint density at radius 3 is 2.67 bits per heavy atom. The van der Waals surface area contributed by atoms with Gasteiger partial charge in [0, 0.05) is 5.54 Å². The third kappa shape index (κ3) is 1.42. The Bertz CT molecular complexity index is 299. The molecule has 0 bridgehead atoms. The Morgan fingerprint density at radius 1 is 1.75 bits per heavy atom. The molecule has 0 radical (unpaired) electrons. The SMILES string of the molecule is CC(C)(N)c1cn[nH]c1[N+](=O)[O-]. The molecule has 0 amide bonds. The summed E-state index contributed by atoms with van der Waals surface area (Å²) in [6, 6.07) is 0. The Balaban J connectivity index is 3.17. The smallest absolute Gasteiger partial charge is 0.347 e. The highest BCUT2D eigenvalue weighted by Gasteiger charge is 2.26. The third-order valence-electron chi connectivity index (χ3n) is 1.50. The van der Waals surface area contributed by atoms with Gasteiger partial charge in [-0.05, 0) is 18.8 Å². The van der Waals surface area contributed by atoms with E-state index in [1.165, 1.54) is 6.20 Å². The lowest BCUT2D eigenvalue weighted by Crippen LogP contribution is -2.28. The summed E-state index contributed by atoms with van der Waals surface area (Å²) in [6.07, 6.45) is 1.37. The van der Waals surface area contributed by atoms with Crippen LogP contribution in [0.15, 0.2) is 6.20 Å². The van der Waals surface area contributed by atoms with Gasteiger partial charge in [-0.1, -0.05) is 5.10 Å². The number of nitrogens with two attached hydrogens (primary N) is 1. The second kappa shape index (κ2) is 2.56. The summed E-state index contributed by atoms with van der Waals surface area (Å²) in [5.74, 6) is -0.137. The summed E-state index contributed by atoms with van der Waals surface area (Å²) in [4.78, 5) is 9.88. The fourth-order valence-electron chi connectivity index (χ4n) is 0.890. The van der Waals surface area contributed by atoms with Gasteiger partial charge in [0.15, 0.2) is 0 Å². The van der Waals surface area contributed by atoms with Crippen molar-refractivity contribution in [1.29, 1.82) is 0 Å². The molecule has 1 aromatic rings. The van der Waals surface area contributed by atoms with Gasteiger partial charge in [-0.3, -0.25) is 0 Å². The molecule has 0 unspecified atom stereocenters. The van der Waals surface area contributed by atoms with E-state index in [9.17, 15) is 10.1 Å². The standard InChI is InChI=1S/C6H10N4O2/c1-6(2,7)4-3-8-9-5(4)10(11)12/h3H,7H2,1-2H3,(H,8,9). The van der Waals surface area contributed by atoms with Gasteiger partial charge in [0.1, 0.15) is 0 Å². The van der Waals surface area contributed by atoms with Crippen molar-refractivity contribution in [3.8, 4) is 0 Å². The first kappa shape index (κ1) is 8.66. The Morgan fingerprint density at radius 2 is 2.33 bits per heavy atom. The van der Waals surface area contributed by atoms with Crippen molar-refractivity contribution in [3.63, 3.8) is 0 Å². The van der Waals surface area contributed by atoms with Gasteiger partial charge < -0.3 is 15.8 Å². The Labute approximate surface area is 68.9 Å². The zero-order chi connectivity index (χ0) is 9.35. The minimum absolute atomic E-state index is 0.137. The lowest BCUT2D eigenvalue weighted by atomic mass is 9.99. The van der Waals surface area contributed by atoms with E-state index in [0.717, 1.165) is 0 Å². The van der Waals surface area contributed by atoms with E-state index in [0.29, 0.717) is 5.56 Å². The summed E-state index contributed by atoms with van der Waals surface area (Å²) in [7, 11) is 0. The van der Waals surface area contributed by atoms with Gasteiger partial charge in [-0.2, -0.15) is 0 Å². The van der Waals surface area contributed by atoms with Crippen LogP contribution in [-0.2, 0) is 5.54 Å². The van der Waals surface area contributed by atoms with Crippen molar-refractivity contribution < 1.29 is 4.92 Å². The second-order valence-electron chi connectivity index (χ2n) is 3.11. The normalized spacial score (nSPS) is 11.6. The lowest BCUT2D eigenvalue weighted by Gasteiger charge is -2.14. The average Bonchev–Trinajstić information content (AvgIpc) is 2.30. The Hall–Kier alpha value is -1.43. The molecular formula is C6H10N4O2. The fourth-order valence-corrected chi connectivity index (χ4v) is 0.890. The van der Waals surface area contributed by atoms with Crippen LogP contribution in [0.5, 0.6) is 0 Å². The molecule has 3 N–H and O–H groups in total. The molecule has 6 nitrogen and oxygen atoms in total. The van der Waals surface area contributed by atoms with Crippen LogP contribution in [0, 0.1) is 10.1 Å². The molecule has 66 valence electrons. The van der Waals surface area contributed by atoms with Crippen molar-refractivity contribution in [2.45, 2.75) is 19.4 Å². The highest BCUT2D eigenvalue weighted by Crippen LogP contribution is 2.24. The quantitative estimate of drug-likeness (QED) is 0.499. The van der Waals surface area contributed by atoms with E-state index >= 15 is 0 Å². The summed E-state index contributed by atoms with van der Waals surface area (Å²) in [6.45, 7) is 3.37. The maximum atomic E-state index is 10.4. The number of aromatic amines is 1. The van der Waals surface area contributed by atoms with Gasteiger partial charge >= 0.3 is 5.82 Å². The largest absolute Gasteiger partial charge is 0.358 e. The summed E-state index contributed by atoms with van der Waals surface area (Å²) < 4.78 is 0. The number of nitrogens with zero attached hydrogens (tertiary/aromatic N) is 2. The summed E-state index contributed by atoms with van der Waals surface area (Å²) >= 11 is 0. The third-order valence-corrected chi connectivity index (χ3v) is 1.50. The van der Waals surface area contributed by atoms with Gasteiger partial charge in [-0.15, -0.1) is 5.10 Å². The van der Waals surface area contributed by atoms with E-state index in [1.54, 1.807) is 13.8 Å². The zero-order valence-electron chi connectivity index (χ0n) is 6.87. The number of rotatable bonds is 2. The molecule has 0 aliphatic rings. The molecular weight excluding hydrogens is 160 g/mol. The minimum Gasteiger partial charge on any atom is -0.358 e. The van der Waals surface area contributed by atoms with Crippen molar-refractivity contribution in [1.82, 2.24) is 10.2 Å². The molecule has 1 rings (SSSR count). The van der Waals surface area contributed by atoms with Crippen LogP contribution in [-0.4, -0.2) is 15.1 Å². The van der Waals surface area contributed by atoms with E-state index in [2.05, 4.69) is 10.2 Å². The number of aromatic nitrogens is 2. The highest BCUT2D eigenvalue weighted by molar-refractivity contribution is 5.34. The Kier molecular flexibility index (Phi) is 1.85. The average molecular weight is 170 g/mol. The molecule has 0 saturated heterocycles. The number of hydrogen-bond donors (Lipinski definition) is 2. The molecule has 1 aromatic heterocycles. The van der Waals surface area contributed by atoms with E-state index in [4.69, 9.17) is 5.73 Å². The maximum absolute atomic E-state index is 10.4. The van der Waals surface area contributed by atoms with Crippen LogP contribution in [0.25, 0.3) is 0 Å². The van der Waals surface area contributed by atoms with Crippen LogP contribution in [0.3, 0.4) is 0 Å². The van der Waals surface area contributed by atoms with E-state index in [-0.39, 0.29) is 5.82 Å². The first-order valence-corrected chi connectivity index (χ1v) is 3.40. The van der Waals surface area contributed by atoms with Crippen molar-refractivity contribution in [3.05, 3.63) is 21.9 Å². The zero-order valence-corrected chi connectivity index (χ0v) is 6.87. The predicted octanol–water partition coefficient (Wildman–Crippen LogP) is 0.512. The lowest BCUT2D eigenvalue weighted by molar-refractivity contribution is -0.390. The molecule has 0 aromatic carbocycles. The van der Waals surface area contributed by atoms with Crippen molar-refractivity contribution in [2.75, 3.05) is 0 Å². The number of nitrogens with one attached hydrogen (secondary N) is 1. The molecule has 0 aliphatic carbocycles. The van der Waals surface area contributed by atoms with Crippen LogP contribution in [0.2, 0.25) is 0 Å². The van der Waals surface area contributed by atoms with Crippen LogP contribution in [0.4, 0.5) is 5.82 Å². The molecule has 0 fully saturated rings. The first-order valence-electron chi connectivity index (χ1n) is 3.40. The molecule has 0 saturated carbocycles. The first-order chi connectivity index (χ1) is 5.43. The highest BCUT2D eigenvalue weighted by atomic mass is 16.6. The van der Waals surface area contributed by atoms with E-state index < -0.39 is 10.5 Å². The number of hydrogen-bond acceptors (Lipinski definition) is 4. The van der Waals surface area contributed by atoms with Crippen molar-refractivity contribution >= 4 is 5.82 Å². The minimum atomic E-state index is -0.741. The second-order valence-corrected chi connectivity index (χ2v) is 3.11. The maximum Gasteiger partial charge on any atom is 0.347 e. The topological polar surface area (TPSA) is 97.8 Å². The van der Waals surface area contributed by atoms with Gasteiger partial charge in [-0.25, -0.2) is 0 Å². The molecule has 0 aliphatic heterocycles. The van der Waals surface area contributed by atoms with Gasteiger partial charge in [0.25, 0.3) is 0 Å². The fraction of sp³-hybridized carbons (Fsp3) is 0.500. The molecule has 6 heteroatoms. The van der Waals surface area contributed by atoms with Crippen LogP contribution >= 0.6 is 0 Å².